The van der Waals surface area contributed by atoms with Crippen molar-refractivity contribution in [1.29, 1.82) is 0 Å². The quantitative estimate of drug-likeness (QED) is 0.843. The lowest BCUT2D eigenvalue weighted by Gasteiger charge is -2.07. The Bertz CT molecular complexity index is 845. The standard InChI is InChI=1S/C9H8FN3O4S3/c1-6-11-12-9(18-6)13-20(16,17)8-5-3-2-4-7(8)19(10,14)15/h2-5H,1H3,(H,12,13). The van der Waals surface area contributed by atoms with Crippen LogP contribution in [-0.4, -0.2) is 27.0 Å². The maximum Gasteiger partial charge on any atom is 0.333 e. The lowest BCUT2D eigenvalue weighted by Crippen LogP contribution is -2.15. The van der Waals surface area contributed by atoms with Gasteiger partial charge in [-0.1, -0.05) is 23.5 Å². The molecule has 1 aromatic carbocycles. The summed E-state index contributed by atoms with van der Waals surface area (Å²) >= 11 is 0.967. The minimum Gasteiger partial charge on any atom is -0.253 e. The van der Waals surface area contributed by atoms with Crippen LogP contribution in [0.1, 0.15) is 5.01 Å². The van der Waals surface area contributed by atoms with Gasteiger partial charge in [0.05, 0.1) is 0 Å². The zero-order valence-corrected chi connectivity index (χ0v) is 12.4. The van der Waals surface area contributed by atoms with Crippen molar-refractivity contribution in [1.82, 2.24) is 10.2 Å². The summed E-state index contributed by atoms with van der Waals surface area (Å²) in [6.45, 7) is 1.62. The molecule has 1 heterocycles. The van der Waals surface area contributed by atoms with Crippen LogP contribution >= 0.6 is 11.3 Å². The van der Waals surface area contributed by atoms with Gasteiger partial charge < -0.3 is 0 Å². The molecule has 108 valence electrons. The van der Waals surface area contributed by atoms with Crippen molar-refractivity contribution in [2.45, 2.75) is 16.7 Å². The molecule has 2 aromatic rings. The molecule has 0 saturated heterocycles. The van der Waals surface area contributed by atoms with Gasteiger partial charge in [-0.3, -0.25) is 4.72 Å². The van der Waals surface area contributed by atoms with Crippen LogP contribution in [-0.2, 0) is 20.2 Å². The van der Waals surface area contributed by atoms with Crippen LogP contribution in [0.3, 0.4) is 0 Å². The number of hydrogen-bond acceptors (Lipinski definition) is 7. The topological polar surface area (TPSA) is 106 Å². The number of benzene rings is 1. The highest BCUT2D eigenvalue weighted by molar-refractivity contribution is 7.94. The highest BCUT2D eigenvalue weighted by Gasteiger charge is 2.26. The second-order valence-corrected chi connectivity index (χ2v) is 7.76. The molecule has 0 saturated carbocycles. The van der Waals surface area contributed by atoms with E-state index in [-0.39, 0.29) is 5.13 Å². The SMILES string of the molecule is Cc1nnc(NS(=O)(=O)c2ccccc2S(=O)(=O)F)s1. The third kappa shape index (κ3) is 3.11. The summed E-state index contributed by atoms with van der Waals surface area (Å²) in [5.41, 5.74) is 0. The minimum atomic E-state index is -5.16. The molecule has 2 rings (SSSR count). The van der Waals surface area contributed by atoms with Crippen LogP contribution in [0, 0.1) is 6.92 Å². The second kappa shape index (κ2) is 5.07. The maximum atomic E-state index is 13.1. The normalized spacial score (nSPS) is 12.3. The van der Waals surface area contributed by atoms with Gasteiger partial charge in [-0.05, 0) is 19.1 Å². The first kappa shape index (κ1) is 14.8. The predicted molar refractivity (Wildman–Crippen MR) is 70.2 cm³/mol. The van der Waals surface area contributed by atoms with E-state index in [0.29, 0.717) is 5.01 Å². The highest BCUT2D eigenvalue weighted by atomic mass is 32.3. The molecule has 7 nitrogen and oxygen atoms in total. The van der Waals surface area contributed by atoms with E-state index in [4.69, 9.17) is 0 Å². The Morgan fingerprint density at radius 2 is 1.70 bits per heavy atom. The molecule has 0 unspecified atom stereocenters. The van der Waals surface area contributed by atoms with Gasteiger partial charge >= 0.3 is 10.2 Å². The van der Waals surface area contributed by atoms with Crippen LogP contribution in [0.15, 0.2) is 34.1 Å². The van der Waals surface area contributed by atoms with Gasteiger partial charge in [0, 0.05) is 0 Å². The molecule has 0 amide bonds. The van der Waals surface area contributed by atoms with E-state index in [1.165, 1.54) is 12.1 Å². The molecule has 0 atom stereocenters. The summed E-state index contributed by atoms with van der Waals surface area (Å²) in [6.07, 6.45) is 0. The van der Waals surface area contributed by atoms with Crippen LogP contribution in [0.2, 0.25) is 0 Å². The van der Waals surface area contributed by atoms with Crippen molar-refractivity contribution in [2.75, 3.05) is 4.72 Å². The van der Waals surface area contributed by atoms with Gasteiger partial charge in [0.2, 0.25) is 5.13 Å². The van der Waals surface area contributed by atoms with Crippen molar-refractivity contribution < 1.29 is 20.7 Å². The Labute approximate surface area is 118 Å². The number of nitrogens with zero attached hydrogens (tertiary/aromatic N) is 2. The van der Waals surface area contributed by atoms with E-state index in [2.05, 4.69) is 14.9 Å². The fourth-order valence-corrected chi connectivity index (χ4v) is 4.47. The first-order valence-corrected chi connectivity index (χ1v) is 8.75. The molecule has 0 spiro atoms. The Hall–Kier alpha value is -1.59. The Morgan fingerprint density at radius 3 is 2.20 bits per heavy atom. The Kier molecular flexibility index (Phi) is 3.75. The summed E-state index contributed by atoms with van der Waals surface area (Å²) < 4.78 is 61.3. The molecule has 1 N–H and O–H groups in total. The van der Waals surface area contributed by atoms with Crippen LogP contribution in [0.4, 0.5) is 9.02 Å². The van der Waals surface area contributed by atoms with Gasteiger partial charge in [-0.2, -0.15) is 8.42 Å². The van der Waals surface area contributed by atoms with Crippen molar-refractivity contribution in [3.05, 3.63) is 29.3 Å². The van der Waals surface area contributed by atoms with E-state index in [0.717, 1.165) is 23.5 Å². The van der Waals surface area contributed by atoms with Crippen LogP contribution in [0.25, 0.3) is 0 Å². The van der Waals surface area contributed by atoms with Crippen molar-refractivity contribution in [3.8, 4) is 0 Å². The molecule has 0 fully saturated rings. The van der Waals surface area contributed by atoms with E-state index >= 15 is 0 Å². The fraction of sp³-hybridized carbons (Fsp3) is 0.111. The van der Waals surface area contributed by atoms with Crippen molar-refractivity contribution >= 4 is 36.7 Å². The van der Waals surface area contributed by atoms with Gasteiger partial charge in [0.1, 0.15) is 14.8 Å². The monoisotopic (exact) mass is 337 g/mol. The van der Waals surface area contributed by atoms with Crippen LogP contribution < -0.4 is 4.72 Å². The Balaban J connectivity index is 2.50. The summed E-state index contributed by atoms with van der Waals surface area (Å²) in [4.78, 5) is -1.61. The average molecular weight is 337 g/mol. The first-order chi connectivity index (χ1) is 9.20. The molecule has 1 aromatic heterocycles. The number of aryl methyl sites for hydroxylation is 1. The van der Waals surface area contributed by atoms with Gasteiger partial charge in [0.25, 0.3) is 10.0 Å². The molecule has 0 bridgehead atoms. The molecule has 0 aliphatic rings. The zero-order valence-electron chi connectivity index (χ0n) is 9.94. The molecular weight excluding hydrogens is 329 g/mol. The smallest absolute Gasteiger partial charge is 0.253 e. The summed E-state index contributed by atoms with van der Waals surface area (Å²) in [5.74, 6) is 0. The van der Waals surface area contributed by atoms with Crippen LogP contribution in [0.5, 0.6) is 0 Å². The van der Waals surface area contributed by atoms with Gasteiger partial charge in [0.15, 0.2) is 0 Å². The number of aromatic nitrogens is 2. The molecule has 0 radical (unpaired) electrons. The molecule has 11 heteroatoms. The molecule has 0 aliphatic heterocycles. The number of anilines is 1. The number of nitrogens with one attached hydrogen (secondary N) is 1. The zero-order chi connectivity index (χ0) is 15.0. The third-order valence-corrected chi connectivity index (χ3v) is 5.44. The van der Waals surface area contributed by atoms with Crippen molar-refractivity contribution in [3.63, 3.8) is 0 Å². The summed E-state index contributed by atoms with van der Waals surface area (Å²) in [6, 6.07) is 4.37. The highest BCUT2D eigenvalue weighted by Crippen LogP contribution is 2.25. The fourth-order valence-electron chi connectivity index (χ4n) is 1.38. The van der Waals surface area contributed by atoms with E-state index in [1.807, 2.05) is 0 Å². The lowest BCUT2D eigenvalue weighted by molar-refractivity contribution is 0.547. The minimum absolute atomic E-state index is 0.0337. The second-order valence-electron chi connectivity index (χ2n) is 3.62. The third-order valence-electron chi connectivity index (χ3n) is 2.15. The maximum absolute atomic E-state index is 13.1. The number of hydrogen-bond donors (Lipinski definition) is 1. The summed E-state index contributed by atoms with van der Waals surface area (Å²) in [5, 5.41) is 7.66. The van der Waals surface area contributed by atoms with E-state index in [9.17, 15) is 20.7 Å². The van der Waals surface area contributed by atoms with E-state index in [1.54, 1.807) is 6.92 Å². The first-order valence-electron chi connectivity index (χ1n) is 5.07. The Morgan fingerprint density at radius 1 is 1.10 bits per heavy atom. The van der Waals surface area contributed by atoms with Gasteiger partial charge in [-0.15, -0.1) is 14.1 Å². The molecule has 0 aliphatic carbocycles. The largest absolute Gasteiger partial charge is 0.333 e. The average Bonchev–Trinajstić information content (AvgIpc) is 2.73. The summed E-state index contributed by atoms with van der Waals surface area (Å²) in [7, 11) is -9.43. The van der Waals surface area contributed by atoms with Crippen molar-refractivity contribution in [2.24, 2.45) is 0 Å². The number of rotatable bonds is 4. The number of sulfonamides is 1. The predicted octanol–water partition coefficient (Wildman–Crippen LogP) is 1.31. The number of halogens is 1. The van der Waals surface area contributed by atoms with E-state index < -0.39 is 30.0 Å². The molecule has 20 heavy (non-hydrogen) atoms. The van der Waals surface area contributed by atoms with Gasteiger partial charge in [-0.25, -0.2) is 8.42 Å². The lowest BCUT2D eigenvalue weighted by atomic mass is 10.4. The molecular formula is C9H8FN3O4S3.